The van der Waals surface area contributed by atoms with Crippen molar-refractivity contribution in [2.24, 2.45) is 34.5 Å². The first-order valence-corrected chi connectivity index (χ1v) is 14.7. The standard InChI is InChI=1S/C30H44O8/c1-17-27(33)24(35-3)14-26(37-17)38-20-6-10-29(16-31)19(13-20)4-5-23-22(29)7-9-28(2)21(8-11-30(23,28)34)18-12-25(32)36-15-18/h12,16-17,19-24,26-27,33-34H,4-11,13-15H2,1-3H3/t17-,19+,20+,21-,22+,23-,24+,26+,27-,28-,29-,30+/m1/s1. The summed E-state index contributed by atoms with van der Waals surface area (Å²) in [6.07, 6.45) is 9.21. The fourth-order valence-electron chi connectivity index (χ4n) is 9.96. The smallest absolute Gasteiger partial charge is 0.331 e. The Morgan fingerprint density at radius 3 is 2.61 bits per heavy atom. The zero-order chi connectivity index (χ0) is 26.9. The number of carbonyl (C=O) groups is 2. The number of hydrogen-bond donors (Lipinski definition) is 2. The van der Waals surface area contributed by atoms with Crippen LogP contribution in [0.4, 0.5) is 0 Å². The highest BCUT2D eigenvalue weighted by Gasteiger charge is 2.68. The summed E-state index contributed by atoms with van der Waals surface area (Å²) in [5, 5.41) is 22.7. The monoisotopic (exact) mass is 532 g/mol. The van der Waals surface area contributed by atoms with Gasteiger partial charge in [-0.25, -0.2) is 4.79 Å². The topological polar surface area (TPSA) is 112 Å². The van der Waals surface area contributed by atoms with Gasteiger partial charge in [0.2, 0.25) is 0 Å². The number of aliphatic hydroxyl groups is 2. The summed E-state index contributed by atoms with van der Waals surface area (Å²) in [5.74, 6) is 0.384. The number of fused-ring (bicyclic) bond motifs is 5. The number of methoxy groups -OCH3 is 1. The van der Waals surface area contributed by atoms with Crippen LogP contribution in [-0.4, -0.2) is 72.5 Å². The fraction of sp³-hybridized carbons (Fsp3) is 0.867. The second-order valence-electron chi connectivity index (χ2n) is 13.3. The maximum Gasteiger partial charge on any atom is 0.331 e. The molecule has 4 saturated carbocycles. The first-order valence-electron chi connectivity index (χ1n) is 14.7. The van der Waals surface area contributed by atoms with Gasteiger partial charge in [0.05, 0.1) is 23.9 Å². The molecule has 8 heteroatoms. The van der Waals surface area contributed by atoms with E-state index >= 15 is 0 Å². The molecule has 4 aliphatic carbocycles. The highest BCUT2D eigenvalue weighted by molar-refractivity contribution is 5.85. The van der Waals surface area contributed by atoms with Crippen LogP contribution in [0.15, 0.2) is 11.6 Å². The van der Waals surface area contributed by atoms with Crippen LogP contribution in [-0.2, 0) is 28.5 Å². The molecule has 8 nitrogen and oxygen atoms in total. The number of ether oxygens (including phenoxy) is 4. The van der Waals surface area contributed by atoms with Gasteiger partial charge in [-0.2, -0.15) is 0 Å². The summed E-state index contributed by atoms with van der Waals surface area (Å²) in [5.41, 5.74) is -0.521. The fourth-order valence-corrected chi connectivity index (χ4v) is 9.96. The quantitative estimate of drug-likeness (QED) is 0.315. The lowest BCUT2D eigenvalue weighted by Crippen LogP contribution is -2.63. The van der Waals surface area contributed by atoms with E-state index in [-0.39, 0.29) is 53.4 Å². The van der Waals surface area contributed by atoms with Crippen LogP contribution >= 0.6 is 0 Å². The summed E-state index contributed by atoms with van der Waals surface area (Å²) < 4.78 is 23.1. The van der Waals surface area contributed by atoms with E-state index in [4.69, 9.17) is 18.9 Å². The van der Waals surface area contributed by atoms with Crippen molar-refractivity contribution in [2.45, 2.75) is 114 Å². The summed E-state index contributed by atoms with van der Waals surface area (Å²) >= 11 is 0. The molecule has 2 heterocycles. The van der Waals surface area contributed by atoms with Crippen LogP contribution in [0.3, 0.4) is 0 Å². The van der Waals surface area contributed by atoms with Gasteiger partial charge in [-0.3, -0.25) is 0 Å². The Morgan fingerprint density at radius 2 is 1.89 bits per heavy atom. The van der Waals surface area contributed by atoms with Crippen LogP contribution in [0.5, 0.6) is 0 Å². The van der Waals surface area contributed by atoms with Gasteiger partial charge in [-0.1, -0.05) is 6.92 Å². The Hall–Kier alpha value is -1.32. The van der Waals surface area contributed by atoms with Crippen molar-refractivity contribution in [3.63, 3.8) is 0 Å². The number of rotatable bonds is 5. The van der Waals surface area contributed by atoms with E-state index in [9.17, 15) is 19.8 Å². The molecule has 1 saturated heterocycles. The van der Waals surface area contributed by atoms with Gasteiger partial charge in [0.25, 0.3) is 0 Å². The summed E-state index contributed by atoms with van der Waals surface area (Å²) in [7, 11) is 1.61. The Labute approximate surface area is 225 Å². The molecule has 212 valence electrons. The number of esters is 1. The Morgan fingerprint density at radius 1 is 1.08 bits per heavy atom. The van der Waals surface area contributed by atoms with Crippen molar-refractivity contribution in [2.75, 3.05) is 13.7 Å². The van der Waals surface area contributed by atoms with E-state index in [1.165, 1.54) is 6.29 Å². The third kappa shape index (κ3) is 3.88. The average Bonchev–Trinajstić information content (AvgIpc) is 3.45. The van der Waals surface area contributed by atoms with Gasteiger partial charge in [-0.15, -0.1) is 0 Å². The van der Waals surface area contributed by atoms with Gasteiger partial charge in [0.1, 0.15) is 19.0 Å². The van der Waals surface area contributed by atoms with Crippen molar-refractivity contribution >= 4 is 12.3 Å². The molecule has 0 amide bonds. The van der Waals surface area contributed by atoms with Crippen LogP contribution in [0.1, 0.15) is 78.1 Å². The third-order valence-corrected chi connectivity index (χ3v) is 12.0. The highest BCUT2D eigenvalue weighted by atomic mass is 16.7. The zero-order valence-electron chi connectivity index (χ0n) is 23.0. The number of cyclic esters (lactones) is 1. The van der Waals surface area contributed by atoms with Crippen LogP contribution in [0.2, 0.25) is 0 Å². The summed E-state index contributed by atoms with van der Waals surface area (Å²) in [6.45, 7) is 4.40. The number of carbonyl (C=O) groups excluding carboxylic acids is 2. The SMILES string of the molecule is CO[C@H]1C[C@H](O[C@H]2CC[C@@]3(C=O)[C@@H](CC[C@@H]4[C@@H]3CC[C@]3(C)[C@@H](C5=CC(=O)OC5)CC[C@]43O)C2)O[C@H](C)[C@H]1O. The Kier molecular flexibility index (Phi) is 6.83. The van der Waals surface area contributed by atoms with Crippen molar-refractivity contribution < 1.29 is 38.7 Å². The van der Waals surface area contributed by atoms with Crippen molar-refractivity contribution in [1.82, 2.24) is 0 Å². The molecule has 0 aromatic carbocycles. The zero-order valence-corrected chi connectivity index (χ0v) is 23.0. The minimum atomic E-state index is -0.830. The molecule has 2 aliphatic heterocycles. The van der Waals surface area contributed by atoms with Crippen LogP contribution in [0.25, 0.3) is 0 Å². The van der Waals surface area contributed by atoms with Gasteiger partial charge in [0, 0.05) is 30.4 Å². The minimum absolute atomic E-state index is 0.00854. The van der Waals surface area contributed by atoms with Crippen LogP contribution in [0, 0.1) is 34.5 Å². The molecule has 6 aliphatic rings. The first kappa shape index (κ1) is 26.9. The Balaban J connectivity index is 1.18. The minimum Gasteiger partial charge on any atom is -0.458 e. The predicted molar refractivity (Wildman–Crippen MR) is 137 cm³/mol. The molecule has 0 unspecified atom stereocenters. The third-order valence-electron chi connectivity index (χ3n) is 12.0. The maximum atomic E-state index is 13.0. The molecule has 2 N–H and O–H groups in total. The van der Waals surface area contributed by atoms with Crippen molar-refractivity contribution in [3.8, 4) is 0 Å². The normalized spacial score (nSPS) is 52.4. The second kappa shape index (κ2) is 9.65. The largest absolute Gasteiger partial charge is 0.458 e. The first-order chi connectivity index (χ1) is 18.1. The Bertz CT molecular complexity index is 981. The highest BCUT2D eigenvalue weighted by Crippen LogP contribution is 2.69. The predicted octanol–water partition coefficient (Wildman–Crippen LogP) is 3.32. The average molecular weight is 533 g/mol. The lowest BCUT2D eigenvalue weighted by Gasteiger charge is -2.63. The molecule has 0 aromatic rings. The van der Waals surface area contributed by atoms with Crippen molar-refractivity contribution in [3.05, 3.63) is 11.6 Å². The molecular formula is C30H44O8. The van der Waals surface area contributed by atoms with E-state index < -0.39 is 23.4 Å². The maximum absolute atomic E-state index is 13.0. The van der Waals surface area contributed by atoms with E-state index in [2.05, 4.69) is 6.92 Å². The molecule has 6 rings (SSSR count). The lowest BCUT2D eigenvalue weighted by atomic mass is 9.43. The summed E-state index contributed by atoms with van der Waals surface area (Å²) in [4.78, 5) is 24.8. The summed E-state index contributed by atoms with van der Waals surface area (Å²) in [6, 6.07) is 0. The van der Waals surface area contributed by atoms with Crippen molar-refractivity contribution in [1.29, 1.82) is 0 Å². The van der Waals surface area contributed by atoms with E-state index in [0.29, 0.717) is 13.0 Å². The van der Waals surface area contributed by atoms with Crippen LogP contribution < -0.4 is 0 Å². The van der Waals surface area contributed by atoms with E-state index in [1.807, 2.05) is 6.92 Å². The molecule has 12 atom stereocenters. The number of aliphatic hydroxyl groups excluding tert-OH is 1. The molecule has 0 bridgehead atoms. The van der Waals surface area contributed by atoms with E-state index in [0.717, 1.165) is 63.4 Å². The lowest BCUT2D eigenvalue weighted by molar-refractivity contribution is -0.272. The number of hydrogen-bond acceptors (Lipinski definition) is 8. The molecule has 0 spiro atoms. The van der Waals surface area contributed by atoms with Gasteiger partial charge in [0.15, 0.2) is 6.29 Å². The molecule has 38 heavy (non-hydrogen) atoms. The van der Waals surface area contributed by atoms with Gasteiger partial charge >= 0.3 is 5.97 Å². The molecule has 5 fully saturated rings. The van der Waals surface area contributed by atoms with Gasteiger partial charge < -0.3 is 34.0 Å². The number of aldehydes is 1. The van der Waals surface area contributed by atoms with Gasteiger partial charge in [-0.05, 0) is 94.0 Å². The second-order valence-corrected chi connectivity index (χ2v) is 13.3. The molecule has 0 radical (unpaired) electrons. The van der Waals surface area contributed by atoms with E-state index in [1.54, 1.807) is 13.2 Å². The molecular weight excluding hydrogens is 488 g/mol. The molecule has 0 aromatic heterocycles.